The number of nitrogens with one attached hydrogen (secondary N) is 1. The summed E-state index contributed by atoms with van der Waals surface area (Å²) < 4.78 is 23.7. The van der Waals surface area contributed by atoms with Crippen LogP contribution in [-0.2, 0) is 18.3 Å². The van der Waals surface area contributed by atoms with E-state index in [0.717, 1.165) is 22.7 Å². The molecule has 2 amide bonds. The molecule has 2 atom stereocenters. The molecule has 0 aliphatic carbocycles. The van der Waals surface area contributed by atoms with Crippen molar-refractivity contribution in [1.82, 2.24) is 24.5 Å². The molecular formula is C31H34ClFN6O4. The maximum atomic E-state index is 15.1. The number of rotatable bonds is 5. The van der Waals surface area contributed by atoms with Crippen molar-refractivity contribution in [2.24, 2.45) is 7.05 Å². The Bertz CT molecular complexity index is 1760. The van der Waals surface area contributed by atoms with Crippen LogP contribution in [0.2, 0.25) is 5.02 Å². The van der Waals surface area contributed by atoms with Crippen LogP contribution in [0.5, 0.6) is 0 Å². The van der Waals surface area contributed by atoms with Gasteiger partial charge < -0.3 is 14.2 Å². The molecule has 1 N–H and O–H groups in total. The fraction of sp³-hybridized carbons (Fsp3) is 0.387. The number of ether oxygens (including phenoxy) is 1. The number of anilines is 1. The molecule has 2 aromatic carbocycles. The molecule has 0 bridgehead atoms. The van der Waals surface area contributed by atoms with Gasteiger partial charge in [0.1, 0.15) is 11.4 Å². The summed E-state index contributed by atoms with van der Waals surface area (Å²) in [5.41, 5.74) is 1.02. The van der Waals surface area contributed by atoms with Crippen molar-refractivity contribution in [3.05, 3.63) is 86.7 Å². The zero-order valence-electron chi connectivity index (χ0n) is 24.7. The number of halogens is 2. The van der Waals surface area contributed by atoms with Gasteiger partial charge in [0.05, 0.1) is 29.0 Å². The number of carbonyl (C=O) groups is 2. The monoisotopic (exact) mass is 608 g/mol. The van der Waals surface area contributed by atoms with Gasteiger partial charge in [-0.15, -0.1) is 5.10 Å². The molecule has 43 heavy (non-hydrogen) atoms. The quantitative estimate of drug-likeness (QED) is 0.310. The van der Waals surface area contributed by atoms with Crippen molar-refractivity contribution in [1.29, 1.82) is 0 Å². The maximum absolute atomic E-state index is 15.1. The fourth-order valence-corrected chi connectivity index (χ4v) is 5.75. The summed E-state index contributed by atoms with van der Waals surface area (Å²) in [4.78, 5) is 40.6. The van der Waals surface area contributed by atoms with E-state index in [0.29, 0.717) is 24.9 Å². The van der Waals surface area contributed by atoms with Crippen LogP contribution in [0.25, 0.3) is 10.9 Å². The van der Waals surface area contributed by atoms with Crippen LogP contribution in [0.3, 0.4) is 0 Å². The van der Waals surface area contributed by atoms with E-state index in [9.17, 15) is 14.4 Å². The third-order valence-corrected chi connectivity index (χ3v) is 7.77. The van der Waals surface area contributed by atoms with Crippen LogP contribution in [0.15, 0.2) is 53.5 Å². The van der Waals surface area contributed by atoms with Crippen LogP contribution in [0.4, 0.5) is 14.9 Å². The van der Waals surface area contributed by atoms with Crippen LogP contribution >= 0.6 is 11.6 Å². The smallest absolute Gasteiger partial charge is 0.412 e. The minimum absolute atomic E-state index is 0.0154. The van der Waals surface area contributed by atoms with Crippen molar-refractivity contribution < 1.29 is 18.7 Å². The SMILES string of the molecule is CC1CC(c2cn(Cc3cc4ccccc4n(C)c3=O)nn2)CCN1C(=O)c1c(F)cc(Cl)cc1NC(=O)OC(C)(C)C. The number of likely N-dealkylation sites (tertiary alicyclic amines) is 1. The summed E-state index contributed by atoms with van der Waals surface area (Å²) in [6.07, 6.45) is 2.17. The predicted molar refractivity (Wildman–Crippen MR) is 162 cm³/mol. The van der Waals surface area contributed by atoms with Crippen molar-refractivity contribution in [3.8, 4) is 0 Å². The molecule has 0 spiro atoms. The van der Waals surface area contributed by atoms with Gasteiger partial charge >= 0.3 is 6.09 Å². The van der Waals surface area contributed by atoms with Crippen molar-refractivity contribution in [2.75, 3.05) is 11.9 Å². The molecule has 2 unspecified atom stereocenters. The zero-order chi connectivity index (χ0) is 31.1. The van der Waals surface area contributed by atoms with Gasteiger partial charge in [-0.05, 0) is 70.2 Å². The Morgan fingerprint density at radius 2 is 1.93 bits per heavy atom. The number of aryl methyl sites for hydroxylation is 1. The first-order valence-corrected chi connectivity index (χ1v) is 14.5. The Morgan fingerprint density at radius 1 is 1.19 bits per heavy atom. The molecular weight excluding hydrogens is 575 g/mol. The molecule has 3 heterocycles. The summed E-state index contributed by atoms with van der Waals surface area (Å²) >= 11 is 6.05. The van der Waals surface area contributed by atoms with Gasteiger partial charge in [-0.2, -0.15) is 0 Å². The van der Waals surface area contributed by atoms with Crippen molar-refractivity contribution >= 4 is 40.2 Å². The fourth-order valence-electron chi connectivity index (χ4n) is 5.54. The lowest BCUT2D eigenvalue weighted by Crippen LogP contribution is -2.44. The minimum Gasteiger partial charge on any atom is -0.444 e. The van der Waals surface area contributed by atoms with E-state index < -0.39 is 23.4 Å². The molecule has 5 rings (SSSR count). The maximum Gasteiger partial charge on any atom is 0.412 e. The van der Waals surface area contributed by atoms with E-state index in [1.807, 2.05) is 43.5 Å². The number of aromatic nitrogens is 4. The van der Waals surface area contributed by atoms with Crippen LogP contribution < -0.4 is 10.9 Å². The Kier molecular flexibility index (Phi) is 8.29. The van der Waals surface area contributed by atoms with Crippen molar-refractivity contribution in [3.63, 3.8) is 0 Å². The molecule has 1 aliphatic rings. The second-order valence-corrected chi connectivity index (χ2v) is 12.4. The highest BCUT2D eigenvalue weighted by Gasteiger charge is 2.34. The van der Waals surface area contributed by atoms with Gasteiger partial charge in [-0.25, -0.2) is 13.9 Å². The highest BCUT2D eigenvalue weighted by atomic mass is 35.5. The minimum atomic E-state index is -0.833. The number of hydrogen-bond acceptors (Lipinski definition) is 6. The molecule has 1 aliphatic heterocycles. The number of nitrogens with zero attached hydrogens (tertiary/aromatic N) is 5. The topological polar surface area (TPSA) is 111 Å². The summed E-state index contributed by atoms with van der Waals surface area (Å²) in [5, 5.41) is 12.1. The van der Waals surface area contributed by atoms with E-state index in [2.05, 4.69) is 15.6 Å². The van der Waals surface area contributed by atoms with Crippen LogP contribution in [-0.4, -0.2) is 54.6 Å². The molecule has 1 saturated heterocycles. The van der Waals surface area contributed by atoms with E-state index in [-0.39, 0.29) is 40.3 Å². The Labute approximate surface area is 253 Å². The lowest BCUT2D eigenvalue weighted by Gasteiger charge is -2.37. The van der Waals surface area contributed by atoms with Gasteiger partial charge in [-0.3, -0.25) is 14.9 Å². The number of pyridine rings is 1. The highest BCUT2D eigenvalue weighted by Crippen LogP contribution is 2.34. The third kappa shape index (κ3) is 6.56. The number of fused-ring (bicyclic) bond motifs is 1. The molecule has 4 aromatic rings. The van der Waals surface area contributed by atoms with Gasteiger partial charge in [0, 0.05) is 42.3 Å². The largest absolute Gasteiger partial charge is 0.444 e. The Morgan fingerprint density at radius 3 is 2.65 bits per heavy atom. The number of amides is 2. The normalized spacial score (nSPS) is 17.2. The van der Waals surface area contributed by atoms with Crippen LogP contribution in [0, 0.1) is 5.82 Å². The summed E-state index contributed by atoms with van der Waals surface area (Å²) in [5.74, 6) is -1.37. The number of carbonyl (C=O) groups excluding carboxylic acids is 2. The average molecular weight is 609 g/mol. The zero-order valence-corrected chi connectivity index (χ0v) is 25.5. The molecule has 226 valence electrons. The van der Waals surface area contributed by atoms with Crippen molar-refractivity contribution in [2.45, 2.75) is 64.6 Å². The molecule has 10 nitrogen and oxygen atoms in total. The first-order valence-electron chi connectivity index (χ1n) is 14.1. The summed E-state index contributed by atoms with van der Waals surface area (Å²) in [6.45, 7) is 7.61. The van der Waals surface area contributed by atoms with Gasteiger partial charge in [0.25, 0.3) is 11.5 Å². The summed E-state index contributed by atoms with van der Waals surface area (Å²) in [7, 11) is 1.75. The van der Waals surface area contributed by atoms with E-state index in [4.69, 9.17) is 16.3 Å². The van der Waals surface area contributed by atoms with E-state index in [1.165, 1.54) is 6.07 Å². The molecule has 2 aromatic heterocycles. The first-order chi connectivity index (χ1) is 20.3. The Balaban J connectivity index is 1.30. The number of piperidine rings is 1. The second-order valence-electron chi connectivity index (χ2n) is 11.9. The van der Waals surface area contributed by atoms with Gasteiger partial charge in [0.2, 0.25) is 0 Å². The van der Waals surface area contributed by atoms with E-state index in [1.54, 1.807) is 42.0 Å². The first kappa shape index (κ1) is 30.2. The lowest BCUT2D eigenvalue weighted by molar-refractivity contribution is 0.0610. The van der Waals surface area contributed by atoms with Crippen LogP contribution in [0.1, 0.15) is 68.1 Å². The number of hydrogen-bond donors (Lipinski definition) is 1. The Hall–Kier alpha value is -4.25. The second kappa shape index (κ2) is 11.8. The molecule has 12 heteroatoms. The molecule has 0 radical (unpaired) electrons. The average Bonchev–Trinajstić information content (AvgIpc) is 3.38. The van der Waals surface area contributed by atoms with Gasteiger partial charge in [0.15, 0.2) is 0 Å². The third-order valence-electron chi connectivity index (χ3n) is 7.56. The van der Waals surface area contributed by atoms with Gasteiger partial charge in [-0.1, -0.05) is 35.0 Å². The highest BCUT2D eigenvalue weighted by molar-refractivity contribution is 6.31. The number of benzene rings is 2. The van der Waals surface area contributed by atoms with E-state index >= 15 is 4.39 Å². The lowest BCUT2D eigenvalue weighted by atomic mass is 9.89. The standard InChI is InChI=1S/C31H34ClFN6O4/c1-18-12-19(25-17-38(36-35-25)16-21-13-20-8-6-7-9-26(20)37(5)28(21)40)10-11-39(18)29(41)27-23(33)14-22(32)15-24(27)34-30(42)43-31(2,3)4/h6-9,13-15,17-19H,10-12,16H2,1-5H3,(H,34,42). The number of para-hydroxylation sites is 1. The summed E-state index contributed by atoms with van der Waals surface area (Å²) in [6, 6.07) is 11.7. The molecule has 0 saturated carbocycles. The predicted octanol–water partition coefficient (Wildman–Crippen LogP) is 5.73. The molecule has 1 fully saturated rings.